The van der Waals surface area contributed by atoms with Gasteiger partial charge in [0.05, 0.1) is 24.8 Å². The van der Waals surface area contributed by atoms with E-state index >= 15 is 0 Å². The first-order valence-electron chi connectivity index (χ1n) is 12.7. The van der Waals surface area contributed by atoms with Crippen molar-refractivity contribution in [1.29, 1.82) is 0 Å². The minimum absolute atomic E-state index is 0.0741. The molecule has 0 aromatic heterocycles. The van der Waals surface area contributed by atoms with Crippen molar-refractivity contribution in [3.63, 3.8) is 0 Å². The van der Waals surface area contributed by atoms with Gasteiger partial charge in [0.25, 0.3) is 10.0 Å². The minimum atomic E-state index is -4.24. The third-order valence-electron chi connectivity index (χ3n) is 6.25. The smallest absolute Gasteiger partial charge is 0.264 e. The van der Waals surface area contributed by atoms with Crippen LogP contribution in [0, 0.1) is 0 Å². The summed E-state index contributed by atoms with van der Waals surface area (Å²) < 4.78 is 40.4. The topological polar surface area (TPSA) is 105 Å². The van der Waals surface area contributed by atoms with Gasteiger partial charge in [-0.25, -0.2) is 8.42 Å². The molecule has 0 aliphatic carbocycles. The van der Waals surface area contributed by atoms with E-state index in [4.69, 9.17) is 9.47 Å². The number of anilines is 1. The number of ether oxygens (including phenoxy) is 2. The normalized spacial score (nSPS) is 11.8. The Kier molecular flexibility index (Phi) is 11.0. The zero-order valence-corrected chi connectivity index (χ0v) is 25.4. The largest absolute Gasteiger partial charge is 0.493 e. The zero-order chi connectivity index (χ0) is 29.3. The number of nitrogens with zero attached hydrogens (tertiary/aromatic N) is 2. The van der Waals surface area contributed by atoms with Crippen molar-refractivity contribution in [2.45, 2.75) is 37.8 Å². The van der Waals surface area contributed by atoms with Crippen LogP contribution in [-0.4, -0.2) is 58.5 Å². The molecule has 214 valence electrons. The maximum absolute atomic E-state index is 14.0. The first-order chi connectivity index (χ1) is 19.1. The van der Waals surface area contributed by atoms with Gasteiger partial charge in [0.15, 0.2) is 11.5 Å². The van der Waals surface area contributed by atoms with Crippen molar-refractivity contribution in [3.8, 4) is 11.5 Å². The Bertz CT molecular complexity index is 1400. The summed E-state index contributed by atoms with van der Waals surface area (Å²) in [7, 11) is -1.36. The number of benzene rings is 3. The molecule has 0 saturated heterocycles. The molecule has 0 spiro atoms. The van der Waals surface area contributed by atoms with Gasteiger partial charge in [0.1, 0.15) is 12.6 Å². The van der Waals surface area contributed by atoms with Crippen LogP contribution in [0.1, 0.15) is 25.8 Å². The summed E-state index contributed by atoms with van der Waals surface area (Å²) in [5.74, 6) is -0.242. The number of para-hydroxylation sites is 1. The number of halogens is 1. The van der Waals surface area contributed by atoms with Gasteiger partial charge in [-0.2, -0.15) is 0 Å². The van der Waals surface area contributed by atoms with Crippen LogP contribution >= 0.6 is 15.9 Å². The maximum atomic E-state index is 14.0. The summed E-state index contributed by atoms with van der Waals surface area (Å²) in [5, 5.41) is 2.83. The first kappa shape index (κ1) is 31.0. The fourth-order valence-electron chi connectivity index (χ4n) is 3.99. The van der Waals surface area contributed by atoms with Gasteiger partial charge in [0, 0.05) is 23.6 Å². The Morgan fingerprint density at radius 2 is 1.60 bits per heavy atom. The lowest BCUT2D eigenvalue weighted by atomic mass is 10.1. The predicted molar refractivity (Wildman–Crippen MR) is 158 cm³/mol. The molecule has 0 fully saturated rings. The number of carbonyl (C=O) groups excluding carboxylic acids is 2. The summed E-state index contributed by atoms with van der Waals surface area (Å²) in [5.41, 5.74) is 1.10. The van der Waals surface area contributed by atoms with Crippen LogP contribution in [0.5, 0.6) is 11.5 Å². The summed E-state index contributed by atoms with van der Waals surface area (Å²) in [4.78, 5) is 28.2. The van der Waals surface area contributed by atoms with Gasteiger partial charge in [0.2, 0.25) is 11.8 Å². The quantitative estimate of drug-likeness (QED) is 0.295. The molecule has 1 atom stereocenters. The van der Waals surface area contributed by atoms with Crippen molar-refractivity contribution in [3.05, 3.63) is 82.8 Å². The Hall–Kier alpha value is -3.57. The molecule has 1 N–H and O–H groups in total. The van der Waals surface area contributed by atoms with E-state index < -0.39 is 28.5 Å². The average Bonchev–Trinajstić information content (AvgIpc) is 2.97. The molecule has 3 aromatic rings. The van der Waals surface area contributed by atoms with E-state index in [1.807, 2.05) is 31.2 Å². The number of carbonyl (C=O) groups is 2. The van der Waals surface area contributed by atoms with Crippen molar-refractivity contribution in [2.75, 3.05) is 31.6 Å². The Morgan fingerprint density at radius 1 is 0.950 bits per heavy atom. The van der Waals surface area contributed by atoms with E-state index in [9.17, 15) is 18.0 Å². The van der Waals surface area contributed by atoms with Gasteiger partial charge in [-0.1, -0.05) is 53.2 Å². The molecule has 0 radical (unpaired) electrons. The number of rotatable bonds is 13. The molecule has 3 aromatic carbocycles. The summed E-state index contributed by atoms with van der Waals surface area (Å²) >= 11 is 3.41. The summed E-state index contributed by atoms with van der Waals surface area (Å²) in [6, 6.07) is 19.2. The van der Waals surface area contributed by atoms with Crippen molar-refractivity contribution in [1.82, 2.24) is 10.2 Å². The fourth-order valence-corrected chi connectivity index (χ4v) is 5.69. The molecule has 1 unspecified atom stereocenters. The molecule has 2 amide bonds. The number of methoxy groups -OCH3 is 2. The molecule has 0 saturated carbocycles. The van der Waals surface area contributed by atoms with Crippen LogP contribution < -0.4 is 19.1 Å². The molecule has 11 heteroatoms. The number of nitrogens with one attached hydrogen (secondary N) is 1. The van der Waals surface area contributed by atoms with E-state index in [2.05, 4.69) is 21.2 Å². The molecular formula is C29H34BrN3O6S. The monoisotopic (exact) mass is 631 g/mol. The van der Waals surface area contributed by atoms with E-state index in [1.165, 1.54) is 37.3 Å². The van der Waals surface area contributed by atoms with Crippen LogP contribution in [0.4, 0.5) is 5.69 Å². The fraction of sp³-hybridized carbons (Fsp3) is 0.310. The highest BCUT2D eigenvalue weighted by molar-refractivity contribution is 9.10. The molecule has 0 heterocycles. The highest BCUT2D eigenvalue weighted by Gasteiger charge is 2.33. The van der Waals surface area contributed by atoms with Crippen LogP contribution in [0.15, 0.2) is 82.2 Å². The third kappa shape index (κ3) is 7.54. The maximum Gasteiger partial charge on any atom is 0.264 e. The van der Waals surface area contributed by atoms with Crippen molar-refractivity contribution in [2.24, 2.45) is 0 Å². The van der Waals surface area contributed by atoms with E-state index in [0.29, 0.717) is 18.0 Å². The van der Waals surface area contributed by atoms with Crippen LogP contribution in [0.2, 0.25) is 0 Å². The van der Waals surface area contributed by atoms with Crippen LogP contribution in [0.25, 0.3) is 0 Å². The van der Waals surface area contributed by atoms with Gasteiger partial charge in [-0.05, 0) is 55.3 Å². The second-order valence-corrected chi connectivity index (χ2v) is 11.8. The highest BCUT2D eigenvalue weighted by Crippen LogP contribution is 2.32. The third-order valence-corrected chi connectivity index (χ3v) is 8.55. The van der Waals surface area contributed by atoms with Gasteiger partial charge in [-0.15, -0.1) is 0 Å². The molecule has 0 bridgehead atoms. The molecular weight excluding hydrogens is 598 g/mol. The van der Waals surface area contributed by atoms with Gasteiger partial charge >= 0.3 is 0 Å². The SMILES string of the molecule is CCCNC(=O)C(C)N(Cc1ccc(Br)cc1)C(=O)CN(c1ccccc1)S(=O)(=O)c1ccc(OC)c(OC)c1. The molecule has 9 nitrogen and oxygen atoms in total. The average molecular weight is 633 g/mol. The Labute approximate surface area is 244 Å². The number of hydrogen-bond donors (Lipinski definition) is 1. The molecule has 0 aliphatic rings. The Balaban J connectivity index is 2.02. The lowest BCUT2D eigenvalue weighted by Gasteiger charge is -2.32. The molecule has 0 aliphatic heterocycles. The predicted octanol–water partition coefficient (Wildman–Crippen LogP) is 4.61. The zero-order valence-electron chi connectivity index (χ0n) is 23.0. The van der Waals surface area contributed by atoms with Gasteiger partial charge < -0.3 is 19.7 Å². The lowest BCUT2D eigenvalue weighted by Crippen LogP contribution is -2.51. The van der Waals surface area contributed by atoms with Crippen LogP contribution in [0.3, 0.4) is 0 Å². The van der Waals surface area contributed by atoms with Crippen molar-refractivity contribution >= 4 is 43.5 Å². The van der Waals surface area contributed by atoms with E-state index in [0.717, 1.165) is 20.8 Å². The lowest BCUT2D eigenvalue weighted by molar-refractivity contribution is -0.139. The molecule has 3 rings (SSSR count). The minimum Gasteiger partial charge on any atom is -0.493 e. The number of hydrogen-bond acceptors (Lipinski definition) is 6. The highest BCUT2D eigenvalue weighted by atomic mass is 79.9. The van der Waals surface area contributed by atoms with E-state index in [-0.39, 0.29) is 23.1 Å². The number of sulfonamides is 1. The van der Waals surface area contributed by atoms with Crippen LogP contribution in [-0.2, 0) is 26.2 Å². The van der Waals surface area contributed by atoms with E-state index in [1.54, 1.807) is 37.3 Å². The summed E-state index contributed by atoms with van der Waals surface area (Å²) in [6.45, 7) is 3.63. The second kappa shape index (κ2) is 14.2. The van der Waals surface area contributed by atoms with Gasteiger partial charge in [-0.3, -0.25) is 13.9 Å². The molecule has 40 heavy (non-hydrogen) atoms. The number of amides is 2. The second-order valence-electron chi connectivity index (χ2n) is 8.98. The first-order valence-corrected chi connectivity index (χ1v) is 15.0. The van der Waals surface area contributed by atoms with Crippen molar-refractivity contribution < 1.29 is 27.5 Å². The standard InChI is InChI=1S/C29H34BrN3O6S/c1-5-17-31-29(35)21(2)32(19-22-11-13-23(30)14-12-22)28(34)20-33(24-9-7-6-8-10-24)40(36,37)25-15-16-26(38-3)27(18-25)39-4/h6-16,18,21H,5,17,19-20H2,1-4H3,(H,31,35). The Morgan fingerprint density at radius 3 is 2.20 bits per heavy atom. The summed E-state index contributed by atoms with van der Waals surface area (Å²) in [6.07, 6.45) is 0.741.